The van der Waals surface area contributed by atoms with Crippen LogP contribution in [-0.2, 0) is 9.59 Å². The highest BCUT2D eigenvalue weighted by molar-refractivity contribution is 6.33. The highest BCUT2D eigenvalue weighted by Crippen LogP contribution is 2.60. The molecule has 28 heavy (non-hydrogen) atoms. The summed E-state index contributed by atoms with van der Waals surface area (Å²) in [6.45, 7) is 2.68. The van der Waals surface area contributed by atoms with Crippen LogP contribution in [0.5, 0.6) is 0 Å². The number of anilines is 1. The molecule has 1 aromatic carbocycles. The number of carbonyl (C=O) groups excluding carboxylic acids is 2. The number of aryl methyl sites for hydroxylation is 1. The standard InChI is InChI=1S/C23H29ClN2O2/c1-14-4-5-19(18(24)7-14)25-21(27)20-3-2-6-26(20)22(28)23-11-15-8-16(12-23)10-17(9-15)13-23/h4-5,7,15-17,20H,2-3,6,8-13H2,1H3,(H,25,27)/t15?,16?,17?,20-,23?/m0/s1. The van der Waals surface area contributed by atoms with Crippen LogP contribution in [0.4, 0.5) is 5.69 Å². The second kappa shape index (κ2) is 6.76. The molecule has 1 N–H and O–H groups in total. The fraction of sp³-hybridized carbons (Fsp3) is 0.652. The average Bonchev–Trinajstić information content (AvgIpc) is 3.12. The smallest absolute Gasteiger partial charge is 0.247 e. The number of likely N-dealkylation sites (tertiary alicyclic amines) is 1. The van der Waals surface area contributed by atoms with Crippen molar-refractivity contribution >= 4 is 29.1 Å². The van der Waals surface area contributed by atoms with Gasteiger partial charge in [0.25, 0.3) is 0 Å². The zero-order valence-corrected chi connectivity index (χ0v) is 17.3. The van der Waals surface area contributed by atoms with Crippen LogP contribution in [0.25, 0.3) is 0 Å². The highest BCUT2D eigenvalue weighted by atomic mass is 35.5. The van der Waals surface area contributed by atoms with E-state index in [4.69, 9.17) is 11.6 Å². The molecule has 0 spiro atoms. The van der Waals surface area contributed by atoms with Crippen molar-refractivity contribution in [3.8, 4) is 0 Å². The third-order valence-electron chi connectivity index (χ3n) is 7.69. The third kappa shape index (κ3) is 3.04. The summed E-state index contributed by atoms with van der Waals surface area (Å²) in [5.74, 6) is 2.37. The molecular formula is C23H29ClN2O2. The van der Waals surface area contributed by atoms with E-state index in [9.17, 15) is 9.59 Å². The summed E-state index contributed by atoms with van der Waals surface area (Å²) in [5.41, 5.74) is 1.51. The molecular weight excluding hydrogens is 372 g/mol. The molecule has 4 saturated carbocycles. The summed E-state index contributed by atoms with van der Waals surface area (Å²) in [4.78, 5) is 28.6. The summed E-state index contributed by atoms with van der Waals surface area (Å²) in [7, 11) is 0. The van der Waals surface area contributed by atoms with Crippen LogP contribution < -0.4 is 5.32 Å². The molecule has 2 amide bonds. The maximum Gasteiger partial charge on any atom is 0.247 e. The minimum Gasteiger partial charge on any atom is -0.330 e. The lowest BCUT2D eigenvalue weighted by Crippen LogP contribution is -2.56. The molecule has 0 aromatic heterocycles. The van der Waals surface area contributed by atoms with Gasteiger partial charge in [-0.3, -0.25) is 9.59 Å². The molecule has 5 heteroatoms. The van der Waals surface area contributed by atoms with Crippen LogP contribution in [0.15, 0.2) is 18.2 Å². The molecule has 1 heterocycles. The van der Waals surface area contributed by atoms with Crippen LogP contribution >= 0.6 is 11.6 Å². The van der Waals surface area contributed by atoms with Crippen LogP contribution in [0, 0.1) is 30.1 Å². The Kier molecular flexibility index (Phi) is 4.46. The van der Waals surface area contributed by atoms with E-state index < -0.39 is 0 Å². The maximum absolute atomic E-state index is 13.7. The summed E-state index contributed by atoms with van der Waals surface area (Å²) in [6, 6.07) is 5.27. The molecule has 5 aliphatic rings. The van der Waals surface area contributed by atoms with E-state index in [0.717, 1.165) is 55.4 Å². The van der Waals surface area contributed by atoms with E-state index in [-0.39, 0.29) is 23.3 Å². The van der Waals surface area contributed by atoms with Gasteiger partial charge < -0.3 is 10.2 Å². The van der Waals surface area contributed by atoms with Crippen molar-refractivity contribution in [2.75, 3.05) is 11.9 Å². The van der Waals surface area contributed by atoms with Gasteiger partial charge in [-0.05, 0) is 93.7 Å². The van der Waals surface area contributed by atoms with E-state index in [2.05, 4.69) is 5.32 Å². The topological polar surface area (TPSA) is 49.4 Å². The molecule has 4 aliphatic carbocycles. The highest BCUT2D eigenvalue weighted by Gasteiger charge is 2.56. The van der Waals surface area contributed by atoms with Crippen LogP contribution in [0.3, 0.4) is 0 Å². The van der Waals surface area contributed by atoms with E-state index in [1.807, 2.05) is 30.0 Å². The SMILES string of the molecule is Cc1ccc(NC(=O)[C@@H]2CCCN2C(=O)C23CC4CC(CC(C4)C2)C3)c(Cl)c1. The Morgan fingerprint density at radius 1 is 1.11 bits per heavy atom. The predicted molar refractivity (Wildman–Crippen MR) is 110 cm³/mol. The normalized spacial score (nSPS) is 36.0. The van der Waals surface area contributed by atoms with E-state index >= 15 is 0 Å². The van der Waals surface area contributed by atoms with Gasteiger partial charge in [0.1, 0.15) is 6.04 Å². The fourth-order valence-electron chi connectivity index (χ4n) is 6.90. The summed E-state index contributed by atoms with van der Waals surface area (Å²) < 4.78 is 0. The van der Waals surface area contributed by atoms with Crippen LogP contribution in [0.1, 0.15) is 56.9 Å². The molecule has 1 atom stereocenters. The Morgan fingerprint density at radius 3 is 2.36 bits per heavy atom. The molecule has 1 saturated heterocycles. The number of hydrogen-bond donors (Lipinski definition) is 1. The first-order chi connectivity index (χ1) is 13.4. The lowest BCUT2D eigenvalue weighted by molar-refractivity contribution is -0.160. The largest absolute Gasteiger partial charge is 0.330 e. The Labute approximate surface area is 172 Å². The van der Waals surface area contributed by atoms with Gasteiger partial charge in [-0.1, -0.05) is 17.7 Å². The Morgan fingerprint density at radius 2 is 1.75 bits per heavy atom. The van der Waals surface area contributed by atoms with Gasteiger partial charge >= 0.3 is 0 Å². The van der Waals surface area contributed by atoms with Crippen molar-refractivity contribution in [3.63, 3.8) is 0 Å². The third-order valence-corrected chi connectivity index (χ3v) is 8.00. The molecule has 1 aliphatic heterocycles. The first-order valence-corrected chi connectivity index (χ1v) is 11.2. The first-order valence-electron chi connectivity index (χ1n) is 10.8. The average molecular weight is 401 g/mol. The van der Waals surface area contributed by atoms with Crippen LogP contribution in [-0.4, -0.2) is 29.3 Å². The minimum absolute atomic E-state index is 0.0960. The van der Waals surface area contributed by atoms with Crippen molar-refractivity contribution in [3.05, 3.63) is 28.8 Å². The zero-order valence-electron chi connectivity index (χ0n) is 16.5. The molecule has 0 unspecified atom stereocenters. The monoisotopic (exact) mass is 400 g/mol. The molecule has 4 bridgehead atoms. The maximum atomic E-state index is 13.7. The number of halogens is 1. The van der Waals surface area contributed by atoms with Crippen molar-refractivity contribution in [1.82, 2.24) is 4.90 Å². The lowest BCUT2D eigenvalue weighted by atomic mass is 9.49. The number of amides is 2. The van der Waals surface area contributed by atoms with Crippen molar-refractivity contribution in [2.45, 2.75) is 64.3 Å². The summed E-state index contributed by atoms with van der Waals surface area (Å²) >= 11 is 6.29. The van der Waals surface area contributed by atoms with E-state index in [0.29, 0.717) is 17.3 Å². The number of nitrogens with one attached hydrogen (secondary N) is 1. The second-order valence-corrected chi connectivity index (χ2v) is 10.2. The fourth-order valence-corrected chi connectivity index (χ4v) is 7.18. The van der Waals surface area contributed by atoms with E-state index in [1.165, 1.54) is 19.3 Å². The number of carbonyl (C=O) groups is 2. The van der Waals surface area contributed by atoms with Crippen molar-refractivity contribution in [1.29, 1.82) is 0 Å². The van der Waals surface area contributed by atoms with Gasteiger partial charge in [-0.15, -0.1) is 0 Å². The Hall–Kier alpha value is -1.55. The summed E-state index contributed by atoms with van der Waals surface area (Å²) in [5, 5.41) is 3.52. The molecule has 4 nitrogen and oxygen atoms in total. The number of rotatable bonds is 3. The lowest BCUT2D eigenvalue weighted by Gasteiger charge is -2.56. The van der Waals surface area contributed by atoms with Crippen molar-refractivity contribution in [2.24, 2.45) is 23.2 Å². The van der Waals surface area contributed by atoms with Gasteiger partial charge in [-0.25, -0.2) is 0 Å². The Bertz CT molecular complexity index is 786. The first kappa shape index (κ1) is 18.5. The Balaban J connectivity index is 1.34. The van der Waals surface area contributed by atoms with Crippen LogP contribution in [0.2, 0.25) is 5.02 Å². The molecule has 1 aromatic rings. The zero-order chi connectivity index (χ0) is 19.5. The number of benzene rings is 1. The second-order valence-electron chi connectivity index (χ2n) is 9.83. The van der Waals surface area contributed by atoms with Gasteiger partial charge in [-0.2, -0.15) is 0 Å². The van der Waals surface area contributed by atoms with Gasteiger partial charge in [0.05, 0.1) is 16.1 Å². The minimum atomic E-state index is -0.363. The van der Waals surface area contributed by atoms with Gasteiger partial charge in [0, 0.05) is 6.54 Å². The van der Waals surface area contributed by atoms with Crippen molar-refractivity contribution < 1.29 is 9.59 Å². The molecule has 0 radical (unpaired) electrons. The predicted octanol–water partition coefficient (Wildman–Crippen LogP) is 4.79. The number of nitrogens with zero attached hydrogens (tertiary/aromatic N) is 1. The summed E-state index contributed by atoms with van der Waals surface area (Å²) in [6.07, 6.45) is 8.75. The molecule has 6 rings (SSSR count). The van der Waals surface area contributed by atoms with E-state index in [1.54, 1.807) is 0 Å². The quantitative estimate of drug-likeness (QED) is 0.792. The van der Waals surface area contributed by atoms with Gasteiger partial charge in [0.15, 0.2) is 0 Å². The van der Waals surface area contributed by atoms with Gasteiger partial charge in [0.2, 0.25) is 11.8 Å². The molecule has 5 fully saturated rings. The molecule has 150 valence electrons. The number of hydrogen-bond acceptors (Lipinski definition) is 2.